The maximum Gasteiger partial charge on any atom is 0.0440 e. The molecular formula is C16H19BrN2S. The summed E-state index contributed by atoms with van der Waals surface area (Å²) in [6.07, 6.45) is 1.17. The van der Waals surface area contributed by atoms with E-state index in [1.165, 1.54) is 23.2 Å². The summed E-state index contributed by atoms with van der Waals surface area (Å²) < 4.78 is 1.16. The molecule has 0 atom stereocenters. The molecule has 2 heterocycles. The number of benzene rings is 1. The Bertz CT molecular complexity index is 594. The second-order valence-electron chi connectivity index (χ2n) is 5.09. The van der Waals surface area contributed by atoms with Gasteiger partial charge in [-0.3, -0.25) is 0 Å². The monoisotopic (exact) mass is 350 g/mol. The number of anilines is 1. The third-order valence-electron chi connectivity index (χ3n) is 3.76. The van der Waals surface area contributed by atoms with E-state index in [2.05, 4.69) is 62.7 Å². The van der Waals surface area contributed by atoms with E-state index in [0.29, 0.717) is 0 Å². The van der Waals surface area contributed by atoms with Gasteiger partial charge in [0.2, 0.25) is 0 Å². The summed E-state index contributed by atoms with van der Waals surface area (Å²) in [6.45, 7) is 6.24. The molecule has 0 spiro atoms. The van der Waals surface area contributed by atoms with Gasteiger partial charge in [0.15, 0.2) is 0 Å². The summed E-state index contributed by atoms with van der Waals surface area (Å²) in [7, 11) is 0. The van der Waals surface area contributed by atoms with Gasteiger partial charge >= 0.3 is 0 Å². The summed E-state index contributed by atoms with van der Waals surface area (Å²) in [5, 5.41) is 5.65. The smallest absolute Gasteiger partial charge is 0.0440 e. The van der Waals surface area contributed by atoms with Crippen LogP contribution in [0.2, 0.25) is 0 Å². The Morgan fingerprint density at radius 2 is 2.25 bits per heavy atom. The zero-order valence-electron chi connectivity index (χ0n) is 11.7. The first-order valence-corrected chi connectivity index (χ1v) is 8.74. The van der Waals surface area contributed by atoms with E-state index in [-0.39, 0.29) is 0 Å². The number of nitrogens with one attached hydrogen (secondary N) is 1. The molecule has 1 aromatic carbocycles. The van der Waals surface area contributed by atoms with Gasteiger partial charge in [-0.15, -0.1) is 11.3 Å². The van der Waals surface area contributed by atoms with Crippen molar-refractivity contribution in [3.63, 3.8) is 0 Å². The number of rotatable bonds is 4. The van der Waals surface area contributed by atoms with E-state index in [0.717, 1.165) is 30.7 Å². The maximum atomic E-state index is 3.61. The Morgan fingerprint density at radius 1 is 1.35 bits per heavy atom. The van der Waals surface area contributed by atoms with Gasteiger partial charge in [-0.05, 0) is 47.7 Å². The Balaban J connectivity index is 1.87. The van der Waals surface area contributed by atoms with Crippen LogP contribution in [-0.4, -0.2) is 13.1 Å². The summed E-state index contributed by atoms with van der Waals surface area (Å²) in [6, 6.07) is 8.89. The molecule has 0 bridgehead atoms. The van der Waals surface area contributed by atoms with E-state index in [4.69, 9.17) is 0 Å². The predicted octanol–water partition coefficient (Wildman–Crippen LogP) is 4.18. The summed E-state index contributed by atoms with van der Waals surface area (Å²) in [5.74, 6) is 0. The molecule has 0 saturated carbocycles. The van der Waals surface area contributed by atoms with Crippen LogP contribution in [-0.2, 0) is 19.5 Å². The first-order chi connectivity index (χ1) is 9.78. The van der Waals surface area contributed by atoms with Crippen molar-refractivity contribution < 1.29 is 0 Å². The normalized spacial score (nSPS) is 14.4. The van der Waals surface area contributed by atoms with Gasteiger partial charge in [0.05, 0.1) is 0 Å². The molecule has 1 aliphatic heterocycles. The van der Waals surface area contributed by atoms with E-state index in [9.17, 15) is 0 Å². The number of hydrogen-bond acceptors (Lipinski definition) is 3. The van der Waals surface area contributed by atoms with Crippen molar-refractivity contribution in [1.29, 1.82) is 0 Å². The lowest BCUT2D eigenvalue weighted by Crippen LogP contribution is -2.30. The van der Waals surface area contributed by atoms with Gasteiger partial charge < -0.3 is 10.2 Å². The van der Waals surface area contributed by atoms with Gasteiger partial charge in [0.25, 0.3) is 0 Å². The molecule has 0 aliphatic carbocycles. The van der Waals surface area contributed by atoms with E-state index < -0.39 is 0 Å². The standard InChI is InChI=1S/C16H19BrN2S/c1-2-18-10-12-3-4-14(17)9-15(12)19-7-5-16-13(11-19)6-8-20-16/h3-4,6,8-9,18H,2,5,7,10-11H2,1H3. The zero-order valence-corrected chi connectivity index (χ0v) is 14.1. The van der Waals surface area contributed by atoms with Crippen LogP contribution in [0.4, 0.5) is 5.69 Å². The Morgan fingerprint density at radius 3 is 3.10 bits per heavy atom. The molecule has 0 fully saturated rings. The highest BCUT2D eigenvalue weighted by Crippen LogP contribution is 2.31. The third kappa shape index (κ3) is 2.92. The molecule has 1 aliphatic rings. The summed E-state index contributed by atoms with van der Waals surface area (Å²) in [5.41, 5.74) is 4.24. The number of halogens is 1. The fourth-order valence-corrected chi connectivity index (χ4v) is 3.93. The van der Waals surface area contributed by atoms with Gasteiger partial charge in [-0.1, -0.05) is 28.9 Å². The van der Waals surface area contributed by atoms with Crippen LogP contribution in [0.3, 0.4) is 0 Å². The van der Waals surface area contributed by atoms with Crippen molar-refractivity contribution in [3.05, 3.63) is 50.1 Å². The second kappa shape index (κ2) is 6.29. The quantitative estimate of drug-likeness (QED) is 0.889. The largest absolute Gasteiger partial charge is 0.367 e. The van der Waals surface area contributed by atoms with Crippen LogP contribution >= 0.6 is 27.3 Å². The average molecular weight is 351 g/mol. The van der Waals surface area contributed by atoms with Crippen molar-refractivity contribution in [2.75, 3.05) is 18.0 Å². The van der Waals surface area contributed by atoms with Crippen molar-refractivity contribution in [2.45, 2.75) is 26.4 Å². The highest BCUT2D eigenvalue weighted by atomic mass is 79.9. The molecule has 0 unspecified atom stereocenters. The maximum absolute atomic E-state index is 3.61. The molecule has 20 heavy (non-hydrogen) atoms. The Kier molecular flexibility index (Phi) is 4.44. The van der Waals surface area contributed by atoms with Crippen LogP contribution in [0.15, 0.2) is 34.1 Å². The molecule has 0 saturated heterocycles. The number of nitrogens with zero attached hydrogens (tertiary/aromatic N) is 1. The SMILES string of the molecule is CCNCc1ccc(Br)cc1N1CCc2sccc2C1. The lowest BCUT2D eigenvalue weighted by Gasteiger charge is -2.31. The Labute approximate surface area is 132 Å². The minimum Gasteiger partial charge on any atom is -0.367 e. The van der Waals surface area contributed by atoms with Crippen molar-refractivity contribution in [1.82, 2.24) is 5.32 Å². The predicted molar refractivity (Wildman–Crippen MR) is 90.6 cm³/mol. The third-order valence-corrected chi connectivity index (χ3v) is 5.28. The van der Waals surface area contributed by atoms with Crippen molar-refractivity contribution in [2.24, 2.45) is 0 Å². The minimum atomic E-state index is 0.937. The lowest BCUT2D eigenvalue weighted by atomic mass is 10.1. The molecule has 106 valence electrons. The molecule has 2 nitrogen and oxygen atoms in total. The summed E-state index contributed by atoms with van der Waals surface area (Å²) >= 11 is 5.51. The fraction of sp³-hybridized carbons (Fsp3) is 0.375. The topological polar surface area (TPSA) is 15.3 Å². The molecule has 1 aromatic heterocycles. The van der Waals surface area contributed by atoms with E-state index in [1.807, 2.05) is 11.3 Å². The van der Waals surface area contributed by atoms with Gasteiger partial charge in [0.1, 0.15) is 0 Å². The first kappa shape index (κ1) is 14.1. The van der Waals surface area contributed by atoms with Gasteiger partial charge in [0, 0.05) is 34.7 Å². The molecule has 0 amide bonds. The molecular weight excluding hydrogens is 332 g/mol. The molecule has 1 N–H and O–H groups in total. The summed E-state index contributed by atoms with van der Waals surface area (Å²) in [4.78, 5) is 4.07. The molecule has 4 heteroatoms. The van der Waals surface area contributed by atoms with Crippen molar-refractivity contribution >= 4 is 33.0 Å². The lowest BCUT2D eigenvalue weighted by molar-refractivity contribution is 0.704. The van der Waals surface area contributed by atoms with Crippen molar-refractivity contribution in [3.8, 4) is 0 Å². The fourth-order valence-electron chi connectivity index (χ4n) is 2.69. The molecule has 2 aromatic rings. The van der Waals surface area contributed by atoms with Crippen LogP contribution < -0.4 is 10.2 Å². The first-order valence-electron chi connectivity index (χ1n) is 7.07. The van der Waals surface area contributed by atoms with Crippen LogP contribution in [0, 0.1) is 0 Å². The molecule has 0 radical (unpaired) electrons. The highest BCUT2D eigenvalue weighted by molar-refractivity contribution is 9.10. The van der Waals surface area contributed by atoms with Crippen LogP contribution in [0.25, 0.3) is 0 Å². The van der Waals surface area contributed by atoms with Crippen LogP contribution in [0.5, 0.6) is 0 Å². The average Bonchev–Trinajstić information content (AvgIpc) is 2.93. The van der Waals surface area contributed by atoms with E-state index in [1.54, 1.807) is 4.88 Å². The van der Waals surface area contributed by atoms with Crippen LogP contribution in [0.1, 0.15) is 22.9 Å². The second-order valence-corrected chi connectivity index (χ2v) is 7.01. The number of thiophene rings is 1. The highest BCUT2D eigenvalue weighted by Gasteiger charge is 2.19. The zero-order chi connectivity index (χ0) is 13.9. The van der Waals surface area contributed by atoms with Gasteiger partial charge in [-0.2, -0.15) is 0 Å². The number of hydrogen-bond donors (Lipinski definition) is 1. The minimum absolute atomic E-state index is 0.937. The molecule has 3 rings (SSSR count). The number of fused-ring (bicyclic) bond motifs is 1. The Hall–Kier alpha value is -0.840. The van der Waals surface area contributed by atoms with Gasteiger partial charge in [-0.25, -0.2) is 0 Å². The van der Waals surface area contributed by atoms with E-state index >= 15 is 0 Å².